The summed E-state index contributed by atoms with van der Waals surface area (Å²) in [5.74, 6) is -1.48. The number of carbonyl (C=O) groups is 3. The van der Waals surface area contributed by atoms with Gasteiger partial charge < -0.3 is 15.0 Å². The van der Waals surface area contributed by atoms with Crippen LogP contribution >= 0.6 is 11.6 Å². The van der Waals surface area contributed by atoms with Crippen molar-refractivity contribution in [3.05, 3.63) is 46.6 Å². The first-order chi connectivity index (χ1) is 15.4. The highest BCUT2D eigenvalue weighted by Gasteiger charge is 2.61. The molecule has 1 aliphatic heterocycles. The number of fused-ring (bicyclic) bond motifs is 1. The van der Waals surface area contributed by atoms with E-state index < -0.39 is 11.3 Å². The maximum absolute atomic E-state index is 13.6. The van der Waals surface area contributed by atoms with Gasteiger partial charge in [-0.25, -0.2) is 0 Å². The molecule has 1 saturated heterocycles. The summed E-state index contributed by atoms with van der Waals surface area (Å²) in [5, 5.41) is 3.56. The zero-order valence-electron chi connectivity index (χ0n) is 19.0. The molecule has 2 amide bonds. The summed E-state index contributed by atoms with van der Waals surface area (Å²) in [6, 6.07) is 7.54. The highest BCUT2D eigenvalue weighted by atomic mass is 35.5. The van der Waals surface area contributed by atoms with Crippen LogP contribution in [0.3, 0.4) is 0 Å². The number of likely N-dealkylation sites (tertiary alicyclic amines) is 1. The van der Waals surface area contributed by atoms with Gasteiger partial charge in [-0.05, 0) is 56.7 Å². The van der Waals surface area contributed by atoms with Crippen LogP contribution in [0, 0.1) is 11.3 Å². The molecule has 1 aliphatic carbocycles. The first-order valence-electron chi connectivity index (χ1n) is 11.6. The number of ether oxygens (including phenoxy) is 1. The average Bonchev–Trinajstić information content (AvgIpc) is 3.02. The van der Waals surface area contributed by atoms with Gasteiger partial charge in [-0.1, -0.05) is 43.2 Å². The van der Waals surface area contributed by atoms with E-state index in [1.54, 1.807) is 11.8 Å². The second kappa shape index (κ2) is 11.0. The Hall–Kier alpha value is -2.34. The minimum absolute atomic E-state index is 0.00382. The summed E-state index contributed by atoms with van der Waals surface area (Å²) in [4.78, 5) is 41.3. The van der Waals surface area contributed by atoms with Crippen LogP contribution in [-0.2, 0) is 25.5 Å². The lowest BCUT2D eigenvalue weighted by molar-refractivity contribution is -0.158. The molecule has 32 heavy (non-hydrogen) atoms. The van der Waals surface area contributed by atoms with Crippen molar-refractivity contribution in [3.63, 3.8) is 0 Å². The molecule has 0 unspecified atom stereocenters. The van der Waals surface area contributed by atoms with Gasteiger partial charge in [0.2, 0.25) is 11.8 Å². The number of esters is 1. The summed E-state index contributed by atoms with van der Waals surface area (Å²) < 4.78 is 5.46. The van der Waals surface area contributed by atoms with Crippen molar-refractivity contribution in [3.8, 4) is 0 Å². The molecule has 1 fully saturated rings. The summed E-state index contributed by atoms with van der Waals surface area (Å²) in [6.45, 7) is 5.08. The highest BCUT2D eigenvalue weighted by molar-refractivity contribution is 6.30. The maximum Gasteiger partial charge on any atom is 0.318 e. The number of amides is 2. The number of allylic oxidation sites excluding steroid dienone is 1. The smallest absolute Gasteiger partial charge is 0.318 e. The molecule has 2 aliphatic rings. The third-order valence-electron chi connectivity index (χ3n) is 6.44. The van der Waals surface area contributed by atoms with E-state index in [1.807, 2.05) is 30.3 Å². The number of hydrogen-bond donors (Lipinski definition) is 1. The van der Waals surface area contributed by atoms with Crippen LogP contribution in [-0.4, -0.2) is 42.4 Å². The Morgan fingerprint density at radius 3 is 2.69 bits per heavy atom. The normalized spacial score (nSPS) is 22.3. The fraction of sp³-hybridized carbons (Fsp3) is 0.560. The molecule has 6 nitrogen and oxygen atoms in total. The van der Waals surface area contributed by atoms with Gasteiger partial charge in [0.1, 0.15) is 5.41 Å². The van der Waals surface area contributed by atoms with Gasteiger partial charge in [-0.15, -0.1) is 0 Å². The van der Waals surface area contributed by atoms with Crippen molar-refractivity contribution in [2.24, 2.45) is 11.3 Å². The Kier molecular flexibility index (Phi) is 8.35. The number of nitrogens with one attached hydrogen (secondary N) is 1. The first-order valence-corrected chi connectivity index (χ1v) is 12.0. The molecule has 0 aromatic heterocycles. The molecule has 1 aromatic rings. The van der Waals surface area contributed by atoms with Crippen molar-refractivity contribution >= 4 is 29.4 Å². The summed E-state index contributed by atoms with van der Waals surface area (Å²) in [6.07, 6.45) is 6.59. The number of nitrogens with zero attached hydrogens (tertiary/aromatic N) is 1. The third kappa shape index (κ3) is 5.01. The zero-order valence-corrected chi connectivity index (χ0v) is 19.7. The molecule has 0 bridgehead atoms. The molecule has 7 heteroatoms. The lowest BCUT2D eigenvalue weighted by atomic mass is 9.68. The van der Waals surface area contributed by atoms with Crippen LogP contribution in [0.2, 0.25) is 5.02 Å². The zero-order chi connectivity index (χ0) is 23.1. The lowest BCUT2D eigenvalue weighted by Crippen LogP contribution is -2.43. The Morgan fingerprint density at radius 1 is 1.25 bits per heavy atom. The lowest BCUT2D eigenvalue weighted by Gasteiger charge is -2.35. The Bertz CT molecular complexity index is 867. The summed E-state index contributed by atoms with van der Waals surface area (Å²) >= 11 is 5.99. The largest absolute Gasteiger partial charge is 0.465 e. The molecular weight excluding hydrogens is 428 g/mol. The van der Waals surface area contributed by atoms with E-state index in [1.165, 1.54) is 0 Å². The van der Waals surface area contributed by atoms with E-state index in [0.717, 1.165) is 31.2 Å². The van der Waals surface area contributed by atoms with Gasteiger partial charge in [-0.2, -0.15) is 0 Å². The number of halogens is 1. The van der Waals surface area contributed by atoms with Crippen LogP contribution in [0.5, 0.6) is 0 Å². The predicted molar refractivity (Wildman–Crippen MR) is 124 cm³/mol. The summed E-state index contributed by atoms with van der Waals surface area (Å²) in [5.41, 5.74) is 0.696. The SMILES string of the molecule is CCCCNC(=O)C[C@@H]1C(=O)N(CCc2ccc(Cl)cc2)C2=CCCC[C@]21C(=O)OCC. The predicted octanol–water partition coefficient (Wildman–Crippen LogP) is 4.26. The third-order valence-corrected chi connectivity index (χ3v) is 6.69. The van der Waals surface area contributed by atoms with Crippen molar-refractivity contribution in [2.75, 3.05) is 19.7 Å². The van der Waals surface area contributed by atoms with Crippen LogP contribution in [0.25, 0.3) is 0 Å². The standard InChI is InChI=1S/C25H33ClN2O4/c1-3-5-15-27-22(29)17-20-23(30)28(16-13-18-9-11-19(26)12-10-18)21-8-6-7-14-25(20,21)24(31)32-4-2/h8-12,20H,3-7,13-17H2,1-2H3,(H,27,29)/t20-,25-/m1/s1. The van der Waals surface area contributed by atoms with E-state index in [2.05, 4.69) is 12.2 Å². The first kappa shape index (κ1) is 24.3. The molecule has 3 rings (SSSR count). The number of benzene rings is 1. The Balaban J connectivity index is 1.87. The maximum atomic E-state index is 13.6. The van der Waals surface area contributed by atoms with Crippen LogP contribution in [0.4, 0.5) is 0 Å². The molecule has 2 atom stereocenters. The van der Waals surface area contributed by atoms with Gasteiger partial charge >= 0.3 is 5.97 Å². The van der Waals surface area contributed by atoms with Crippen LogP contribution in [0.1, 0.15) is 57.9 Å². The van der Waals surface area contributed by atoms with Gasteiger partial charge in [-0.3, -0.25) is 14.4 Å². The molecule has 0 saturated carbocycles. The number of rotatable bonds is 10. The Morgan fingerprint density at radius 2 is 2.00 bits per heavy atom. The topological polar surface area (TPSA) is 75.7 Å². The van der Waals surface area contributed by atoms with E-state index in [9.17, 15) is 14.4 Å². The van der Waals surface area contributed by atoms with Crippen molar-refractivity contribution in [1.82, 2.24) is 10.2 Å². The van der Waals surface area contributed by atoms with Crippen molar-refractivity contribution in [1.29, 1.82) is 0 Å². The van der Waals surface area contributed by atoms with Crippen molar-refractivity contribution < 1.29 is 19.1 Å². The molecule has 1 aromatic carbocycles. The van der Waals surface area contributed by atoms with Gasteiger partial charge in [0, 0.05) is 30.2 Å². The number of hydrogen-bond acceptors (Lipinski definition) is 4. The van der Waals surface area contributed by atoms with Crippen LogP contribution < -0.4 is 5.32 Å². The molecule has 0 spiro atoms. The second-order valence-electron chi connectivity index (χ2n) is 8.50. The molecule has 1 heterocycles. The minimum Gasteiger partial charge on any atom is -0.465 e. The average molecular weight is 461 g/mol. The summed E-state index contributed by atoms with van der Waals surface area (Å²) in [7, 11) is 0. The van der Waals surface area contributed by atoms with E-state index in [-0.39, 0.29) is 30.8 Å². The van der Waals surface area contributed by atoms with Crippen LogP contribution in [0.15, 0.2) is 36.0 Å². The van der Waals surface area contributed by atoms with Gasteiger partial charge in [0.15, 0.2) is 0 Å². The van der Waals surface area contributed by atoms with E-state index in [4.69, 9.17) is 16.3 Å². The highest BCUT2D eigenvalue weighted by Crippen LogP contribution is 2.53. The van der Waals surface area contributed by atoms with E-state index in [0.29, 0.717) is 36.7 Å². The Labute approximate surface area is 195 Å². The van der Waals surface area contributed by atoms with Crippen molar-refractivity contribution in [2.45, 2.75) is 58.8 Å². The number of unbranched alkanes of at least 4 members (excludes halogenated alkanes) is 1. The molecular formula is C25H33ClN2O4. The molecule has 0 radical (unpaired) electrons. The number of carbonyl (C=O) groups excluding carboxylic acids is 3. The minimum atomic E-state index is -1.08. The molecule has 1 N–H and O–H groups in total. The fourth-order valence-corrected chi connectivity index (χ4v) is 4.93. The van der Waals surface area contributed by atoms with E-state index >= 15 is 0 Å². The quantitative estimate of drug-likeness (QED) is 0.418. The van der Waals surface area contributed by atoms with Gasteiger partial charge in [0.25, 0.3) is 0 Å². The monoisotopic (exact) mass is 460 g/mol. The second-order valence-corrected chi connectivity index (χ2v) is 8.94. The van der Waals surface area contributed by atoms with Gasteiger partial charge in [0.05, 0.1) is 12.5 Å². The fourth-order valence-electron chi connectivity index (χ4n) is 4.81. The molecule has 174 valence electrons.